The molecule has 0 aliphatic carbocycles. The Labute approximate surface area is 118 Å². The molecule has 0 unspecified atom stereocenters. The SMILES string of the molecule is CCN(CCC#N)c1cc(N)nc(-c2ccccc2)n1. The lowest BCUT2D eigenvalue weighted by molar-refractivity contribution is 0.809. The fourth-order valence-corrected chi connectivity index (χ4v) is 1.95. The minimum atomic E-state index is 0.435. The highest BCUT2D eigenvalue weighted by atomic mass is 15.2. The van der Waals surface area contributed by atoms with Gasteiger partial charge >= 0.3 is 0 Å². The summed E-state index contributed by atoms with van der Waals surface area (Å²) < 4.78 is 0. The van der Waals surface area contributed by atoms with Crippen molar-refractivity contribution in [2.75, 3.05) is 23.7 Å². The Kier molecular flexibility index (Phi) is 4.51. The van der Waals surface area contributed by atoms with Crippen LogP contribution in [0.15, 0.2) is 36.4 Å². The molecule has 5 heteroatoms. The Morgan fingerprint density at radius 1 is 1.25 bits per heavy atom. The first-order valence-electron chi connectivity index (χ1n) is 6.56. The van der Waals surface area contributed by atoms with Crippen molar-refractivity contribution in [3.8, 4) is 17.5 Å². The van der Waals surface area contributed by atoms with Crippen LogP contribution in [0.2, 0.25) is 0 Å². The highest BCUT2D eigenvalue weighted by Crippen LogP contribution is 2.21. The van der Waals surface area contributed by atoms with Gasteiger partial charge in [0.05, 0.1) is 12.5 Å². The van der Waals surface area contributed by atoms with Gasteiger partial charge in [-0.2, -0.15) is 5.26 Å². The third kappa shape index (κ3) is 3.23. The molecule has 0 bridgehead atoms. The van der Waals surface area contributed by atoms with Crippen LogP contribution in [-0.2, 0) is 0 Å². The van der Waals surface area contributed by atoms with E-state index >= 15 is 0 Å². The fourth-order valence-electron chi connectivity index (χ4n) is 1.95. The highest BCUT2D eigenvalue weighted by molar-refractivity contribution is 5.60. The van der Waals surface area contributed by atoms with Gasteiger partial charge in [-0.3, -0.25) is 0 Å². The summed E-state index contributed by atoms with van der Waals surface area (Å²) in [6, 6.07) is 13.6. The van der Waals surface area contributed by atoms with Crippen LogP contribution in [0.25, 0.3) is 11.4 Å². The van der Waals surface area contributed by atoms with Crippen molar-refractivity contribution < 1.29 is 0 Å². The van der Waals surface area contributed by atoms with Crippen molar-refractivity contribution in [3.05, 3.63) is 36.4 Å². The molecule has 0 saturated carbocycles. The molecule has 0 aliphatic rings. The molecule has 1 aromatic carbocycles. The Morgan fingerprint density at radius 2 is 2.00 bits per heavy atom. The molecular weight excluding hydrogens is 250 g/mol. The van der Waals surface area contributed by atoms with Crippen molar-refractivity contribution in [3.63, 3.8) is 0 Å². The third-order valence-corrected chi connectivity index (χ3v) is 2.96. The summed E-state index contributed by atoms with van der Waals surface area (Å²) in [5, 5.41) is 8.71. The summed E-state index contributed by atoms with van der Waals surface area (Å²) in [4.78, 5) is 10.9. The van der Waals surface area contributed by atoms with Gasteiger partial charge in [-0.25, -0.2) is 9.97 Å². The average molecular weight is 267 g/mol. The number of nitrogens with zero attached hydrogens (tertiary/aromatic N) is 4. The third-order valence-electron chi connectivity index (χ3n) is 2.96. The second-order valence-electron chi connectivity index (χ2n) is 4.33. The number of nitrogens with two attached hydrogens (primary N) is 1. The quantitative estimate of drug-likeness (QED) is 0.900. The molecule has 0 amide bonds. The maximum atomic E-state index is 8.71. The molecule has 0 saturated heterocycles. The fraction of sp³-hybridized carbons (Fsp3) is 0.267. The van der Waals surface area contributed by atoms with Crippen molar-refractivity contribution in [2.45, 2.75) is 13.3 Å². The summed E-state index contributed by atoms with van der Waals surface area (Å²) in [5.74, 6) is 1.80. The first-order valence-corrected chi connectivity index (χ1v) is 6.56. The summed E-state index contributed by atoms with van der Waals surface area (Å²) >= 11 is 0. The Bertz CT molecular complexity index is 603. The molecule has 0 fully saturated rings. The number of aromatic nitrogens is 2. The summed E-state index contributed by atoms with van der Waals surface area (Å²) in [6.45, 7) is 3.43. The number of nitriles is 1. The average Bonchev–Trinajstić information content (AvgIpc) is 2.48. The zero-order valence-electron chi connectivity index (χ0n) is 11.5. The van der Waals surface area contributed by atoms with E-state index in [0.29, 0.717) is 24.6 Å². The number of nitrogen functional groups attached to an aromatic ring is 1. The van der Waals surface area contributed by atoms with Gasteiger partial charge in [0.15, 0.2) is 5.82 Å². The van der Waals surface area contributed by atoms with Crippen LogP contribution in [0, 0.1) is 11.3 Å². The van der Waals surface area contributed by atoms with Gasteiger partial charge in [-0.05, 0) is 6.92 Å². The normalized spacial score (nSPS) is 10.0. The van der Waals surface area contributed by atoms with E-state index in [1.54, 1.807) is 6.07 Å². The summed E-state index contributed by atoms with van der Waals surface area (Å²) in [5.41, 5.74) is 6.80. The lowest BCUT2D eigenvalue weighted by Gasteiger charge is -2.21. The van der Waals surface area contributed by atoms with E-state index in [1.165, 1.54) is 0 Å². The molecule has 1 aromatic heterocycles. The van der Waals surface area contributed by atoms with E-state index in [0.717, 1.165) is 17.9 Å². The van der Waals surface area contributed by atoms with Crippen LogP contribution in [0.3, 0.4) is 0 Å². The second kappa shape index (κ2) is 6.53. The van der Waals surface area contributed by atoms with Gasteiger partial charge in [0.1, 0.15) is 11.6 Å². The van der Waals surface area contributed by atoms with Crippen molar-refractivity contribution >= 4 is 11.6 Å². The molecule has 0 spiro atoms. The predicted molar refractivity (Wildman–Crippen MR) is 80.0 cm³/mol. The molecule has 5 nitrogen and oxygen atoms in total. The summed E-state index contributed by atoms with van der Waals surface area (Å²) in [6.07, 6.45) is 0.457. The van der Waals surface area contributed by atoms with Gasteiger partial charge in [0, 0.05) is 24.7 Å². The number of hydrogen-bond acceptors (Lipinski definition) is 5. The topological polar surface area (TPSA) is 78.8 Å². The summed E-state index contributed by atoms with van der Waals surface area (Å²) in [7, 11) is 0. The van der Waals surface area contributed by atoms with Crippen molar-refractivity contribution in [1.29, 1.82) is 5.26 Å². The van der Waals surface area contributed by atoms with E-state index < -0.39 is 0 Å². The maximum absolute atomic E-state index is 8.71. The van der Waals surface area contributed by atoms with Gasteiger partial charge in [0.25, 0.3) is 0 Å². The minimum absolute atomic E-state index is 0.435. The van der Waals surface area contributed by atoms with E-state index in [-0.39, 0.29) is 0 Å². The molecular formula is C15H17N5. The predicted octanol–water partition coefficient (Wildman–Crippen LogP) is 2.47. The molecule has 0 radical (unpaired) electrons. The molecule has 2 aromatic rings. The zero-order chi connectivity index (χ0) is 14.4. The second-order valence-corrected chi connectivity index (χ2v) is 4.33. The lowest BCUT2D eigenvalue weighted by atomic mass is 10.2. The van der Waals surface area contributed by atoms with Crippen LogP contribution in [0.5, 0.6) is 0 Å². The maximum Gasteiger partial charge on any atom is 0.163 e. The first kappa shape index (κ1) is 13.8. The smallest absolute Gasteiger partial charge is 0.163 e. The van der Waals surface area contributed by atoms with Crippen molar-refractivity contribution in [1.82, 2.24) is 9.97 Å². The number of rotatable bonds is 5. The molecule has 1 heterocycles. The number of anilines is 2. The lowest BCUT2D eigenvalue weighted by Crippen LogP contribution is -2.25. The van der Waals surface area contributed by atoms with E-state index in [1.807, 2.05) is 42.2 Å². The first-order chi connectivity index (χ1) is 9.74. The van der Waals surface area contributed by atoms with Crippen LogP contribution < -0.4 is 10.6 Å². The minimum Gasteiger partial charge on any atom is -0.384 e. The monoisotopic (exact) mass is 267 g/mol. The molecule has 20 heavy (non-hydrogen) atoms. The van der Waals surface area contributed by atoms with E-state index in [4.69, 9.17) is 11.0 Å². The molecule has 0 aliphatic heterocycles. The van der Waals surface area contributed by atoms with Crippen LogP contribution in [0.4, 0.5) is 11.6 Å². The van der Waals surface area contributed by atoms with Gasteiger partial charge in [0.2, 0.25) is 0 Å². The van der Waals surface area contributed by atoms with Crippen molar-refractivity contribution in [2.24, 2.45) is 0 Å². The highest BCUT2D eigenvalue weighted by Gasteiger charge is 2.10. The van der Waals surface area contributed by atoms with Crippen LogP contribution in [-0.4, -0.2) is 23.1 Å². The van der Waals surface area contributed by atoms with E-state index in [2.05, 4.69) is 16.0 Å². The van der Waals surface area contributed by atoms with Gasteiger partial charge < -0.3 is 10.6 Å². The molecule has 102 valence electrons. The largest absolute Gasteiger partial charge is 0.384 e. The molecule has 2 N–H and O–H groups in total. The van der Waals surface area contributed by atoms with Crippen LogP contribution >= 0.6 is 0 Å². The molecule has 2 rings (SSSR count). The Morgan fingerprint density at radius 3 is 2.65 bits per heavy atom. The van der Waals surface area contributed by atoms with Crippen LogP contribution in [0.1, 0.15) is 13.3 Å². The Hall–Kier alpha value is -2.61. The zero-order valence-corrected chi connectivity index (χ0v) is 11.5. The Balaban J connectivity index is 2.36. The molecule has 0 atom stereocenters. The van der Waals surface area contributed by atoms with Gasteiger partial charge in [-0.1, -0.05) is 30.3 Å². The van der Waals surface area contributed by atoms with E-state index in [9.17, 15) is 0 Å². The van der Waals surface area contributed by atoms with Gasteiger partial charge in [-0.15, -0.1) is 0 Å². The number of benzene rings is 1. The number of hydrogen-bond donors (Lipinski definition) is 1. The standard InChI is InChI=1S/C15H17N5/c1-2-20(10-6-9-16)14-11-13(17)18-15(19-14)12-7-4-3-5-8-12/h3-5,7-8,11H,2,6,10H2,1H3,(H2,17,18,19).